The fourth-order valence-corrected chi connectivity index (χ4v) is 3.00. The van der Waals surface area contributed by atoms with Crippen LogP contribution in [-0.2, 0) is 0 Å². The van der Waals surface area contributed by atoms with Gasteiger partial charge in [0.05, 0.1) is 23.4 Å². The minimum absolute atomic E-state index is 0.215. The quantitative estimate of drug-likeness (QED) is 0.794. The van der Waals surface area contributed by atoms with Gasteiger partial charge in [0.1, 0.15) is 10.8 Å². The van der Waals surface area contributed by atoms with Crippen molar-refractivity contribution in [2.45, 2.75) is 6.04 Å². The van der Waals surface area contributed by atoms with E-state index in [-0.39, 0.29) is 6.04 Å². The molecule has 1 aromatic heterocycles. The number of benzene rings is 2. The Morgan fingerprint density at radius 1 is 1.16 bits per heavy atom. The summed E-state index contributed by atoms with van der Waals surface area (Å²) >= 11 is 1.64. The van der Waals surface area contributed by atoms with Gasteiger partial charge in [-0.3, -0.25) is 0 Å². The topological polar surface area (TPSA) is 48.1 Å². The molecule has 1 heterocycles. The van der Waals surface area contributed by atoms with Gasteiger partial charge in [0.15, 0.2) is 0 Å². The van der Waals surface area contributed by atoms with Crippen molar-refractivity contribution in [3.8, 4) is 5.75 Å². The highest BCUT2D eigenvalue weighted by Crippen LogP contribution is 2.29. The van der Waals surface area contributed by atoms with Gasteiger partial charge in [-0.25, -0.2) is 4.98 Å². The smallest absolute Gasteiger partial charge is 0.119 e. The number of rotatable bonds is 3. The number of fused-ring (bicyclic) bond motifs is 1. The predicted molar refractivity (Wildman–Crippen MR) is 78.6 cm³/mol. The molecule has 96 valence electrons. The van der Waals surface area contributed by atoms with E-state index in [0.29, 0.717) is 0 Å². The second-order valence-electron chi connectivity index (χ2n) is 4.27. The molecule has 4 heteroatoms. The van der Waals surface area contributed by atoms with Crippen LogP contribution in [0, 0.1) is 0 Å². The van der Waals surface area contributed by atoms with Gasteiger partial charge in [0.25, 0.3) is 0 Å². The molecule has 0 amide bonds. The van der Waals surface area contributed by atoms with Crippen molar-refractivity contribution in [3.05, 3.63) is 59.1 Å². The zero-order chi connectivity index (χ0) is 13.2. The first-order valence-electron chi connectivity index (χ1n) is 6.03. The lowest BCUT2D eigenvalue weighted by atomic mass is 10.1. The molecule has 0 spiro atoms. The molecule has 1 atom stereocenters. The van der Waals surface area contributed by atoms with Crippen molar-refractivity contribution < 1.29 is 4.74 Å². The van der Waals surface area contributed by atoms with E-state index in [1.165, 1.54) is 0 Å². The van der Waals surface area contributed by atoms with Gasteiger partial charge >= 0.3 is 0 Å². The van der Waals surface area contributed by atoms with Crippen LogP contribution in [0.25, 0.3) is 10.2 Å². The zero-order valence-electron chi connectivity index (χ0n) is 10.5. The van der Waals surface area contributed by atoms with Crippen LogP contribution in [0.15, 0.2) is 48.5 Å². The van der Waals surface area contributed by atoms with E-state index < -0.39 is 0 Å². The Morgan fingerprint density at radius 3 is 2.79 bits per heavy atom. The van der Waals surface area contributed by atoms with Crippen molar-refractivity contribution in [2.24, 2.45) is 5.73 Å². The van der Waals surface area contributed by atoms with Crippen molar-refractivity contribution in [3.63, 3.8) is 0 Å². The summed E-state index contributed by atoms with van der Waals surface area (Å²) in [5.74, 6) is 0.814. The normalized spacial score (nSPS) is 12.5. The van der Waals surface area contributed by atoms with E-state index in [2.05, 4.69) is 11.1 Å². The number of methoxy groups -OCH3 is 1. The summed E-state index contributed by atoms with van der Waals surface area (Å²) in [5.41, 5.74) is 8.31. The fraction of sp³-hybridized carbons (Fsp3) is 0.133. The molecular weight excluding hydrogens is 256 g/mol. The second kappa shape index (κ2) is 4.99. The molecule has 2 aromatic carbocycles. The SMILES string of the molecule is COc1cccc(C(N)c2nc3ccccc3s2)c1. The Balaban J connectivity index is 2.00. The first kappa shape index (κ1) is 12.1. The van der Waals surface area contributed by atoms with E-state index in [0.717, 1.165) is 26.5 Å². The van der Waals surface area contributed by atoms with E-state index in [1.54, 1.807) is 18.4 Å². The Morgan fingerprint density at radius 2 is 2.00 bits per heavy atom. The molecule has 0 bridgehead atoms. The van der Waals surface area contributed by atoms with Crippen LogP contribution in [0.1, 0.15) is 16.6 Å². The molecule has 19 heavy (non-hydrogen) atoms. The minimum Gasteiger partial charge on any atom is -0.497 e. The number of nitrogens with two attached hydrogens (primary N) is 1. The number of aromatic nitrogens is 1. The Hall–Kier alpha value is -1.91. The molecule has 3 aromatic rings. The third-order valence-corrected chi connectivity index (χ3v) is 4.15. The Labute approximate surface area is 115 Å². The van der Waals surface area contributed by atoms with Crippen molar-refractivity contribution >= 4 is 21.6 Å². The number of ether oxygens (including phenoxy) is 1. The van der Waals surface area contributed by atoms with Gasteiger partial charge in [-0.15, -0.1) is 11.3 Å². The molecule has 2 N–H and O–H groups in total. The third-order valence-electron chi connectivity index (χ3n) is 3.03. The largest absolute Gasteiger partial charge is 0.497 e. The summed E-state index contributed by atoms with van der Waals surface area (Å²) < 4.78 is 6.39. The first-order chi connectivity index (χ1) is 9.28. The molecule has 0 aliphatic heterocycles. The summed E-state index contributed by atoms with van der Waals surface area (Å²) in [6.45, 7) is 0. The maximum Gasteiger partial charge on any atom is 0.119 e. The van der Waals surface area contributed by atoms with E-state index >= 15 is 0 Å². The first-order valence-corrected chi connectivity index (χ1v) is 6.84. The van der Waals surface area contributed by atoms with Crippen molar-refractivity contribution in [1.29, 1.82) is 0 Å². The predicted octanol–water partition coefficient (Wildman–Crippen LogP) is 3.35. The monoisotopic (exact) mass is 270 g/mol. The maximum absolute atomic E-state index is 6.30. The zero-order valence-corrected chi connectivity index (χ0v) is 11.4. The second-order valence-corrected chi connectivity index (χ2v) is 5.34. The number of thiazole rings is 1. The Kier molecular flexibility index (Phi) is 3.19. The summed E-state index contributed by atoms with van der Waals surface area (Å²) in [6.07, 6.45) is 0. The van der Waals surface area contributed by atoms with E-state index in [4.69, 9.17) is 10.5 Å². The molecule has 0 fully saturated rings. The molecule has 3 nitrogen and oxygen atoms in total. The van der Waals surface area contributed by atoms with Crippen LogP contribution in [0.3, 0.4) is 0 Å². The number of hydrogen-bond acceptors (Lipinski definition) is 4. The number of para-hydroxylation sites is 1. The lowest BCUT2D eigenvalue weighted by Gasteiger charge is -2.10. The average Bonchev–Trinajstić information content (AvgIpc) is 2.90. The van der Waals surface area contributed by atoms with Gasteiger partial charge in [0, 0.05) is 0 Å². The summed E-state index contributed by atoms with van der Waals surface area (Å²) in [7, 11) is 1.66. The highest BCUT2D eigenvalue weighted by molar-refractivity contribution is 7.18. The van der Waals surface area contributed by atoms with Crippen LogP contribution in [0.2, 0.25) is 0 Å². The average molecular weight is 270 g/mol. The van der Waals surface area contributed by atoms with E-state index in [1.807, 2.05) is 42.5 Å². The summed E-state index contributed by atoms with van der Waals surface area (Å²) in [5, 5.41) is 0.925. The summed E-state index contributed by atoms with van der Waals surface area (Å²) in [6, 6.07) is 15.7. The highest BCUT2D eigenvalue weighted by Gasteiger charge is 2.14. The van der Waals surface area contributed by atoms with Crippen LogP contribution < -0.4 is 10.5 Å². The van der Waals surface area contributed by atoms with Gasteiger partial charge < -0.3 is 10.5 Å². The molecule has 0 radical (unpaired) electrons. The maximum atomic E-state index is 6.30. The molecule has 0 saturated heterocycles. The van der Waals surface area contributed by atoms with Crippen LogP contribution in [0.5, 0.6) is 5.75 Å². The van der Waals surface area contributed by atoms with Gasteiger partial charge in [-0.1, -0.05) is 24.3 Å². The molecule has 0 saturated carbocycles. The molecule has 3 rings (SSSR count). The standard InChI is InChI=1S/C15H14N2OS/c1-18-11-6-4-5-10(9-11)14(16)15-17-12-7-2-3-8-13(12)19-15/h2-9,14H,16H2,1H3. The van der Waals surface area contributed by atoms with Gasteiger partial charge in [-0.2, -0.15) is 0 Å². The fourth-order valence-electron chi connectivity index (χ4n) is 2.00. The third kappa shape index (κ3) is 2.32. The van der Waals surface area contributed by atoms with Crippen LogP contribution in [0.4, 0.5) is 0 Å². The molecule has 1 unspecified atom stereocenters. The number of hydrogen-bond donors (Lipinski definition) is 1. The molecule has 0 aliphatic carbocycles. The van der Waals surface area contributed by atoms with Crippen molar-refractivity contribution in [2.75, 3.05) is 7.11 Å². The van der Waals surface area contributed by atoms with Crippen LogP contribution >= 0.6 is 11.3 Å². The van der Waals surface area contributed by atoms with Gasteiger partial charge in [-0.05, 0) is 29.8 Å². The minimum atomic E-state index is -0.215. The van der Waals surface area contributed by atoms with Gasteiger partial charge in [0.2, 0.25) is 0 Å². The lowest BCUT2D eigenvalue weighted by molar-refractivity contribution is 0.414. The van der Waals surface area contributed by atoms with Crippen molar-refractivity contribution in [1.82, 2.24) is 4.98 Å². The highest BCUT2D eigenvalue weighted by atomic mass is 32.1. The molecule has 0 aliphatic rings. The summed E-state index contributed by atoms with van der Waals surface area (Å²) in [4.78, 5) is 4.60. The Bertz CT molecular complexity index is 675. The van der Waals surface area contributed by atoms with E-state index in [9.17, 15) is 0 Å². The van der Waals surface area contributed by atoms with Crippen LogP contribution in [-0.4, -0.2) is 12.1 Å². The lowest BCUT2D eigenvalue weighted by Crippen LogP contribution is -2.11. The molecular formula is C15H14N2OS. The number of nitrogens with zero attached hydrogens (tertiary/aromatic N) is 1.